The monoisotopic (exact) mass is 348 g/mol. The van der Waals surface area contributed by atoms with Gasteiger partial charge in [0.1, 0.15) is 0 Å². The van der Waals surface area contributed by atoms with Crippen molar-refractivity contribution in [1.82, 2.24) is 10.2 Å². The van der Waals surface area contributed by atoms with E-state index in [0.717, 1.165) is 37.3 Å². The van der Waals surface area contributed by atoms with Crippen molar-refractivity contribution in [3.63, 3.8) is 0 Å². The Kier molecular flexibility index (Phi) is 7.87. The summed E-state index contributed by atoms with van der Waals surface area (Å²) in [6, 6.07) is 0. The molecule has 2 nitrogen and oxygen atoms in total. The summed E-state index contributed by atoms with van der Waals surface area (Å²) in [6.45, 7) is 3.74. The van der Waals surface area contributed by atoms with Gasteiger partial charge in [0, 0.05) is 38.3 Å². The number of halogens is 3. The molecule has 0 radical (unpaired) electrons. The topological polar surface area (TPSA) is 15.3 Å². The molecule has 0 aliphatic carbocycles. The molecule has 1 aromatic carbocycles. The minimum Gasteiger partial charge on any atom is -0.445 e. The Morgan fingerprint density at radius 1 is 1.09 bits per heavy atom. The van der Waals surface area contributed by atoms with Gasteiger partial charge < -0.3 is 18.3 Å². The van der Waals surface area contributed by atoms with Crippen molar-refractivity contribution in [3.05, 3.63) is 27.8 Å². The zero-order valence-electron chi connectivity index (χ0n) is 14.3. The average Bonchev–Trinajstić information content (AvgIpc) is 2.43. The Bertz CT molecular complexity index is 617. The number of terminal acetylenes is 1. The van der Waals surface area contributed by atoms with Crippen LogP contribution >= 0.6 is 0 Å². The van der Waals surface area contributed by atoms with Crippen molar-refractivity contribution in [2.45, 2.75) is 27.3 Å². The number of nitrogens with zero attached hydrogens (tertiary/aromatic N) is 1. The molecular weight excluding hydrogens is 327 g/mol. The summed E-state index contributed by atoms with van der Waals surface area (Å²) in [7, 11) is 0. The summed E-state index contributed by atoms with van der Waals surface area (Å²) in [6.07, 6.45) is 5.48. The number of hydrogen-bond acceptors (Lipinski definition) is 2. The molecule has 7 heteroatoms. The van der Waals surface area contributed by atoms with E-state index in [1.807, 2.05) is 6.92 Å². The van der Waals surface area contributed by atoms with E-state index < -0.39 is 12.4 Å². The summed E-state index contributed by atoms with van der Waals surface area (Å²) < 4.78 is 40.5. The van der Waals surface area contributed by atoms with Gasteiger partial charge >= 0.3 is 58.4 Å². The molecule has 1 aliphatic rings. The zero-order valence-corrected chi connectivity index (χ0v) is 17.4. The Labute approximate surface area is 179 Å². The molecule has 2 rings (SSSR count). The van der Waals surface area contributed by atoms with Crippen LogP contribution in [0.4, 0.5) is 12.9 Å². The van der Waals surface area contributed by atoms with Crippen LogP contribution in [0.5, 0.6) is 0 Å². The van der Waals surface area contributed by atoms with Crippen molar-refractivity contribution >= 4 is 12.4 Å². The number of nitrogens with one attached hydrogen (secondary N) is 1. The molecular formula is C16H21BF3KN2. The van der Waals surface area contributed by atoms with E-state index >= 15 is 0 Å². The maximum Gasteiger partial charge on any atom is 1.00 e. The Morgan fingerprint density at radius 3 is 2.13 bits per heavy atom. The van der Waals surface area contributed by atoms with Gasteiger partial charge in [-0.05, 0) is 31.9 Å². The summed E-state index contributed by atoms with van der Waals surface area (Å²) in [5.41, 5.74) is 1.94. The maximum absolute atomic E-state index is 13.5. The molecule has 0 atom stereocenters. The van der Waals surface area contributed by atoms with Gasteiger partial charge in [0.2, 0.25) is 0 Å². The fourth-order valence-electron chi connectivity index (χ4n) is 3.33. The van der Waals surface area contributed by atoms with Crippen molar-refractivity contribution in [2.75, 3.05) is 26.2 Å². The van der Waals surface area contributed by atoms with E-state index in [0.29, 0.717) is 17.7 Å². The molecule has 1 fully saturated rings. The Hall–Kier alpha value is 0.191. The number of hydrogen-bond donors (Lipinski definition) is 1. The smallest absolute Gasteiger partial charge is 0.445 e. The molecule has 120 valence electrons. The van der Waals surface area contributed by atoms with Crippen molar-refractivity contribution < 1.29 is 64.3 Å². The molecule has 1 N–H and O–H groups in total. The molecule has 1 aliphatic heterocycles. The first kappa shape index (κ1) is 21.2. The normalized spacial score (nSPS) is 15.9. The number of rotatable bonds is 3. The molecule has 1 heterocycles. The van der Waals surface area contributed by atoms with Crippen LogP contribution in [0.3, 0.4) is 0 Å². The standard InChI is InChI=1S/C16H21BF3N2.K/c1-5-14-11(2)15(10-22-8-6-21-7-9-22)13(4)16(12(14)3)17(18,19)20;/h1,21H,6-10H2,2-4H3;/q-1;+1. The SMILES string of the molecule is C#Cc1c(C)c(CN2CCNCC2)c(C)c([B-](F)(F)F)c1C.[K+]. The second-order valence-electron chi connectivity index (χ2n) is 5.89. The van der Waals surface area contributed by atoms with E-state index in [-0.39, 0.29) is 56.9 Å². The van der Waals surface area contributed by atoms with Crippen molar-refractivity contribution in [3.8, 4) is 12.3 Å². The molecule has 0 bridgehead atoms. The van der Waals surface area contributed by atoms with Gasteiger partial charge in [0.25, 0.3) is 0 Å². The van der Waals surface area contributed by atoms with Crippen LogP contribution in [0.2, 0.25) is 0 Å². The maximum atomic E-state index is 13.5. The fraction of sp³-hybridized carbons (Fsp3) is 0.500. The average molecular weight is 348 g/mol. The van der Waals surface area contributed by atoms with Gasteiger partial charge in [-0.25, -0.2) is 0 Å². The Balaban J connectivity index is 0.00000264. The van der Waals surface area contributed by atoms with E-state index in [2.05, 4.69) is 16.1 Å². The number of piperazine rings is 1. The van der Waals surface area contributed by atoms with Crippen molar-refractivity contribution in [2.24, 2.45) is 0 Å². The molecule has 0 aromatic heterocycles. The van der Waals surface area contributed by atoms with Gasteiger partial charge in [-0.15, -0.1) is 11.9 Å². The second kappa shape index (κ2) is 8.52. The van der Waals surface area contributed by atoms with E-state index in [4.69, 9.17) is 6.42 Å². The van der Waals surface area contributed by atoms with Crippen LogP contribution < -0.4 is 62.2 Å². The molecule has 23 heavy (non-hydrogen) atoms. The van der Waals surface area contributed by atoms with E-state index in [1.54, 1.807) is 6.92 Å². The molecule has 0 spiro atoms. The second-order valence-corrected chi connectivity index (χ2v) is 5.89. The molecule has 1 aromatic rings. The fourth-order valence-corrected chi connectivity index (χ4v) is 3.33. The summed E-state index contributed by atoms with van der Waals surface area (Å²) in [5, 5.41) is 3.25. The summed E-state index contributed by atoms with van der Waals surface area (Å²) >= 11 is 0. The van der Waals surface area contributed by atoms with E-state index in [9.17, 15) is 12.9 Å². The molecule has 0 unspecified atom stereocenters. The summed E-state index contributed by atoms with van der Waals surface area (Å²) in [4.78, 5) is 2.18. The van der Waals surface area contributed by atoms with Gasteiger partial charge in [0.15, 0.2) is 0 Å². The first-order chi connectivity index (χ1) is 10.3. The summed E-state index contributed by atoms with van der Waals surface area (Å²) in [5.74, 6) is 2.46. The Morgan fingerprint density at radius 2 is 1.65 bits per heavy atom. The van der Waals surface area contributed by atoms with Gasteiger partial charge in [0.05, 0.1) is 0 Å². The van der Waals surface area contributed by atoms with Gasteiger partial charge in [-0.1, -0.05) is 17.0 Å². The molecule has 1 saturated heterocycles. The van der Waals surface area contributed by atoms with Crippen LogP contribution in [0, 0.1) is 33.1 Å². The minimum atomic E-state index is -5.07. The largest absolute Gasteiger partial charge is 1.00 e. The van der Waals surface area contributed by atoms with Crippen LogP contribution in [0.15, 0.2) is 0 Å². The third-order valence-corrected chi connectivity index (χ3v) is 4.53. The predicted molar refractivity (Wildman–Crippen MR) is 85.4 cm³/mol. The van der Waals surface area contributed by atoms with E-state index in [1.165, 1.54) is 6.92 Å². The minimum absolute atomic E-state index is 0. The van der Waals surface area contributed by atoms with Crippen molar-refractivity contribution in [1.29, 1.82) is 0 Å². The van der Waals surface area contributed by atoms with Gasteiger partial charge in [-0.3, -0.25) is 4.90 Å². The third-order valence-electron chi connectivity index (χ3n) is 4.53. The zero-order chi connectivity index (χ0) is 16.5. The van der Waals surface area contributed by atoms with Crippen LogP contribution in [-0.2, 0) is 6.54 Å². The molecule has 0 saturated carbocycles. The van der Waals surface area contributed by atoms with Crippen LogP contribution in [0.1, 0.15) is 27.8 Å². The predicted octanol–water partition coefficient (Wildman–Crippen LogP) is -0.943. The first-order valence-corrected chi connectivity index (χ1v) is 7.49. The number of benzene rings is 1. The first-order valence-electron chi connectivity index (χ1n) is 7.49. The third kappa shape index (κ3) is 4.63. The molecule has 0 amide bonds. The quantitative estimate of drug-likeness (QED) is 0.560. The van der Waals surface area contributed by atoms with Gasteiger partial charge in [-0.2, -0.15) is 0 Å². The van der Waals surface area contributed by atoms with Crippen LogP contribution in [-0.4, -0.2) is 38.1 Å². The van der Waals surface area contributed by atoms with Crippen LogP contribution in [0.25, 0.3) is 0 Å².